The molecule has 2 aromatic carbocycles. The first-order valence-electron chi connectivity index (χ1n) is 6.41. The van der Waals surface area contributed by atoms with Crippen LogP contribution in [-0.2, 0) is 0 Å². The largest absolute Gasteiger partial charge is 0.494 e. The third kappa shape index (κ3) is 3.56. The van der Waals surface area contributed by atoms with Crippen LogP contribution >= 0.6 is 0 Å². The van der Waals surface area contributed by atoms with Crippen LogP contribution in [0.4, 0.5) is 8.78 Å². The van der Waals surface area contributed by atoms with E-state index in [1.165, 1.54) is 43.5 Å². The highest BCUT2D eigenvalue weighted by atomic mass is 19.1. The van der Waals surface area contributed by atoms with Crippen LogP contribution < -0.4 is 10.1 Å². The number of carbonyl (C=O) groups excluding carboxylic acids is 1. The number of hydrogen-bond donors (Lipinski definition) is 1. The number of benzene rings is 2. The topological polar surface area (TPSA) is 38.3 Å². The summed E-state index contributed by atoms with van der Waals surface area (Å²) in [5.41, 5.74) is 0.959. The molecule has 0 fully saturated rings. The molecule has 1 N–H and O–H groups in total. The van der Waals surface area contributed by atoms with Crippen molar-refractivity contribution in [1.82, 2.24) is 5.32 Å². The van der Waals surface area contributed by atoms with E-state index in [1.807, 2.05) is 0 Å². The molecular formula is C16H15F2NO2. The fourth-order valence-corrected chi connectivity index (χ4v) is 1.92. The number of rotatable bonds is 4. The van der Waals surface area contributed by atoms with Gasteiger partial charge < -0.3 is 10.1 Å². The van der Waals surface area contributed by atoms with Gasteiger partial charge in [-0.25, -0.2) is 8.78 Å². The number of halogens is 2. The van der Waals surface area contributed by atoms with Crippen LogP contribution in [0.2, 0.25) is 0 Å². The van der Waals surface area contributed by atoms with Crippen molar-refractivity contribution in [3.63, 3.8) is 0 Å². The normalized spacial score (nSPS) is 11.8. The first kappa shape index (κ1) is 15.0. The Labute approximate surface area is 121 Å². The maximum atomic E-state index is 13.6. The van der Waals surface area contributed by atoms with Crippen LogP contribution in [0.15, 0.2) is 42.5 Å². The molecule has 0 spiro atoms. The monoisotopic (exact) mass is 291 g/mol. The fourth-order valence-electron chi connectivity index (χ4n) is 1.92. The van der Waals surface area contributed by atoms with E-state index in [0.717, 1.165) is 0 Å². The second kappa shape index (κ2) is 6.35. The van der Waals surface area contributed by atoms with E-state index >= 15 is 0 Å². The molecule has 0 aliphatic carbocycles. The molecule has 0 aromatic heterocycles. The minimum atomic E-state index is -0.488. The molecule has 0 saturated carbocycles. The molecule has 2 rings (SSSR count). The van der Waals surface area contributed by atoms with Gasteiger partial charge >= 0.3 is 0 Å². The Morgan fingerprint density at radius 2 is 1.81 bits per heavy atom. The molecule has 3 nitrogen and oxygen atoms in total. The van der Waals surface area contributed by atoms with Gasteiger partial charge in [0.2, 0.25) is 0 Å². The van der Waals surface area contributed by atoms with Gasteiger partial charge in [-0.1, -0.05) is 6.07 Å². The number of carbonyl (C=O) groups is 1. The highest BCUT2D eigenvalue weighted by Crippen LogP contribution is 2.22. The Kier molecular flexibility index (Phi) is 4.52. The zero-order chi connectivity index (χ0) is 15.4. The van der Waals surface area contributed by atoms with Gasteiger partial charge in [0.1, 0.15) is 5.82 Å². The predicted octanol–water partition coefficient (Wildman–Crippen LogP) is 3.46. The molecule has 0 bridgehead atoms. The second-order valence-electron chi connectivity index (χ2n) is 4.60. The molecule has 0 unspecified atom stereocenters. The van der Waals surface area contributed by atoms with E-state index in [2.05, 4.69) is 5.32 Å². The second-order valence-corrected chi connectivity index (χ2v) is 4.60. The van der Waals surface area contributed by atoms with Crippen molar-refractivity contribution in [2.45, 2.75) is 13.0 Å². The van der Waals surface area contributed by atoms with Crippen LogP contribution in [0.25, 0.3) is 0 Å². The van der Waals surface area contributed by atoms with E-state index in [1.54, 1.807) is 13.0 Å². The van der Waals surface area contributed by atoms with Crippen molar-refractivity contribution in [3.8, 4) is 5.75 Å². The van der Waals surface area contributed by atoms with E-state index in [0.29, 0.717) is 11.1 Å². The molecule has 0 saturated heterocycles. The predicted molar refractivity (Wildman–Crippen MR) is 75.2 cm³/mol. The molecule has 1 amide bonds. The van der Waals surface area contributed by atoms with Gasteiger partial charge in [0.15, 0.2) is 11.6 Å². The summed E-state index contributed by atoms with van der Waals surface area (Å²) in [6, 6.07) is 9.33. The lowest BCUT2D eigenvalue weighted by Crippen LogP contribution is -2.26. The number of amides is 1. The fraction of sp³-hybridized carbons (Fsp3) is 0.188. The van der Waals surface area contributed by atoms with Gasteiger partial charge in [-0.3, -0.25) is 4.79 Å². The summed E-state index contributed by atoms with van der Waals surface area (Å²) in [6.07, 6.45) is 0. The van der Waals surface area contributed by atoms with Crippen molar-refractivity contribution in [2.24, 2.45) is 0 Å². The van der Waals surface area contributed by atoms with Crippen molar-refractivity contribution in [2.75, 3.05) is 7.11 Å². The van der Waals surface area contributed by atoms with Gasteiger partial charge in [0, 0.05) is 5.56 Å². The van der Waals surface area contributed by atoms with Crippen LogP contribution in [0.3, 0.4) is 0 Å². The van der Waals surface area contributed by atoms with Crippen LogP contribution in [-0.4, -0.2) is 13.0 Å². The molecule has 2 aromatic rings. The summed E-state index contributed by atoms with van der Waals surface area (Å²) in [6.45, 7) is 1.74. The number of nitrogens with one attached hydrogen (secondary N) is 1. The Balaban J connectivity index is 2.10. The van der Waals surface area contributed by atoms with Crippen molar-refractivity contribution in [1.29, 1.82) is 0 Å². The minimum absolute atomic E-state index is 0.149. The zero-order valence-corrected chi connectivity index (χ0v) is 11.7. The Hall–Kier alpha value is -2.43. The quantitative estimate of drug-likeness (QED) is 0.936. The van der Waals surface area contributed by atoms with Crippen molar-refractivity contribution >= 4 is 5.91 Å². The Morgan fingerprint density at radius 1 is 1.14 bits per heavy atom. The maximum absolute atomic E-state index is 13.6. The van der Waals surface area contributed by atoms with Gasteiger partial charge in [-0.05, 0) is 48.9 Å². The molecule has 1 atom stereocenters. The average Bonchev–Trinajstić information content (AvgIpc) is 2.47. The smallest absolute Gasteiger partial charge is 0.251 e. The molecule has 0 aliphatic heterocycles. The van der Waals surface area contributed by atoms with E-state index in [-0.39, 0.29) is 17.7 Å². The molecule has 0 heterocycles. The molecule has 110 valence electrons. The number of methoxy groups -OCH3 is 1. The summed E-state index contributed by atoms with van der Waals surface area (Å²) >= 11 is 0. The van der Waals surface area contributed by atoms with Crippen molar-refractivity contribution in [3.05, 3.63) is 65.2 Å². The molecule has 0 aliphatic rings. The van der Waals surface area contributed by atoms with Gasteiger partial charge in [-0.2, -0.15) is 0 Å². The summed E-state index contributed by atoms with van der Waals surface area (Å²) in [5.74, 6) is -1.09. The molecular weight excluding hydrogens is 276 g/mol. The minimum Gasteiger partial charge on any atom is -0.494 e. The van der Waals surface area contributed by atoms with Gasteiger partial charge in [0.05, 0.1) is 13.2 Å². The lowest BCUT2D eigenvalue weighted by Gasteiger charge is -2.15. The lowest BCUT2D eigenvalue weighted by atomic mass is 10.1. The first-order valence-corrected chi connectivity index (χ1v) is 6.41. The van der Waals surface area contributed by atoms with Gasteiger partial charge in [-0.15, -0.1) is 0 Å². The van der Waals surface area contributed by atoms with Crippen LogP contribution in [0, 0.1) is 11.6 Å². The Bertz CT molecular complexity index is 641. The number of hydrogen-bond acceptors (Lipinski definition) is 2. The third-order valence-corrected chi connectivity index (χ3v) is 3.13. The SMILES string of the molecule is COc1ccc([C@H](C)NC(=O)c2ccc(F)cc2)cc1F. The number of ether oxygens (including phenoxy) is 1. The van der Waals surface area contributed by atoms with E-state index in [4.69, 9.17) is 4.74 Å². The third-order valence-electron chi connectivity index (χ3n) is 3.13. The highest BCUT2D eigenvalue weighted by Gasteiger charge is 2.13. The summed E-state index contributed by atoms with van der Waals surface area (Å²) in [4.78, 5) is 12.0. The van der Waals surface area contributed by atoms with Crippen LogP contribution in [0.5, 0.6) is 5.75 Å². The summed E-state index contributed by atoms with van der Waals surface area (Å²) < 4.78 is 31.3. The standard InChI is InChI=1S/C16H15F2NO2/c1-10(12-5-8-15(21-2)14(18)9-12)19-16(20)11-3-6-13(17)7-4-11/h3-10H,1-2H3,(H,19,20)/t10-/m0/s1. The zero-order valence-electron chi connectivity index (χ0n) is 11.7. The average molecular weight is 291 g/mol. The molecule has 0 radical (unpaired) electrons. The maximum Gasteiger partial charge on any atom is 0.251 e. The van der Waals surface area contributed by atoms with E-state index < -0.39 is 11.6 Å². The Morgan fingerprint density at radius 3 is 2.38 bits per heavy atom. The molecule has 5 heteroatoms. The lowest BCUT2D eigenvalue weighted by molar-refractivity contribution is 0.0939. The highest BCUT2D eigenvalue weighted by molar-refractivity contribution is 5.94. The molecule has 21 heavy (non-hydrogen) atoms. The summed E-state index contributed by atoms with van der Waals surface area (Å²) in [7, 11) is 1.39. The summed E-state index contributed by atoms with van der Waals surface area (Å²) in [5, 5.41) is 2.73. The van der Waals surface area contributed by atoms with Gasteiger partial charge in [0.25, 0.3) is 5.91 Å². The van der Waals surface area contributed by atoms with Crippen LogP contribution in [0.1, 0.15) is 28.9 Å². The first-order chi connectivity index (χ1) is 10.0. The van der Waals surface area contributed by atoms with Crippen molar-refractivity contribution < 1.29 is 18.3 Å². The van der Waals surface area contributed by atoms with E-state index in [9.17, 15) is 13.6 Å².